The molecule has 0 aromatic carbocycles. The average molecular weight is 244 g/mol. The van der Waals surface area contributed by atoms with Crippen LogP contribution in [0.25, 0.3) is 0 Å². The van der Waals surface area contributed by atoms with Gasteiger partial charge in [0.1, 0.15) is 4.90 Å². The highest BCUT2D eigenvalue weighted by Gasteiger charge is 2.19. The fraction of sp³-hybridized carbons (Fsp3) is 0.667. The number of rotatable bonds is 4. The number of aromatic amines is 1. The Morgan fingerprint density at radius 2 is 2.19 bits per heavy atom. The van der Waals surface area contributed by atoms with Crippen molar-refractivity contribution in [1.29, 1.82) is 0 Å². The molecule has 0 unspecified atom stereocenters. The molecule has 0 atom stereocenters. The molecule has 2 heterocycles. The molecule has 1 aliphatic heterocycles. The molecule has 0 bridgehead atoms. The normalized spacial score (nSPS) is 18.8. The van der Waals surface area contributed by atoms with E-state index in [2.05, 4.69) is 20.2 Å². The predicted molar refractivity (Wildman–Crippen MR) is 59.4 cm³/mol. The Hall–Kier alpha value is -0.920. The molecule has 1 fully saturated rings. The van der Waals surface area contributed by atoms with Gasteiger partial charge in [0, 0.05) is 12.7 Å². The quantitative estimate of drug-likeness (QED) is 0.678. The van der Waals surface area contributed by atoms with Gasteiger partial charge in [-0.1, -0.05) is 0 Å². The summed E-state index contributed by atoms with van der Waals surface area (Å²) in [6.07, 6.45) is 4.73. The maximum absolute atomic E-state index is 11.7. The van der Waals surface area contributed by atoms with Gasteiger partial charge in [0.25, 0.3) is 0 Å². The molecule has 6 nitrogen and oxygen atoms in total. The zero-order valence-electron chi connectivity index (χ0n) is 8.94. The second kappa shape index (κ2) is 4.94. The molecular formula is C9H16N4O2S. The lowest BCUT2D eigenvalue weighted by atomic mass is 9.99. The molecule has 90 valence electrons. The Balaban J connectivity index is 1.89. The van der Waals surface area contributed by atoms with E-state index in [1.807, 2.05) is 0 Å². The summed E-state index contributed by atoms with van der Waals surface area (Å²) >= 11 is 0. The standard InChI is InChI=1S/C9H16N4O2S/c14-16(15,9-6-11-12-7-9)13-5-8-1-3-10-4-2-8/h6-8,10,13H,1-5H2,(H,11,12). The van der Waals surface area contributed by atoms with Crippen LogP contribution < -0.4 is 10.0 Å². The summed E-state index contributed by atoms with van der Waals surface area (Å²) < 4.78 is 26.1. The molecule has 7 heteroatoms. The molecule has 0 amide bonds. The van der Waals surface area contributed by atoms with E-state index in [-0.39, 0.29) is 4.90 Å². The Kier molecular flexibility index (Phi) is 3.57. The van der Waals surface area contributed by atoms with Gasteiger partial charge < -0.3 is 5.32 Å². The van der Waals surface area contributed by atoms with Crippen molar-refractivity contribution in [3.05, 3.63) is 12.4 Å². The first-order valence-electron chi connectivity index (χ1n) is 5.37. The fourth-order valence-electron chi connectivity index (χ4n) is 1.78. The summed E-state index contributed by atoms with van der Waals surface area (Å²) in [5.74, 6) is 0.433. The average Bonchev–Trinajstić information content (AvgIpc) is 2.82. The topological polar surface area (TPSA) is 86.9 Å². The summed E-state index contributed by atoms with van der Waals surface area (Å²) in [5, 5.41) is 9.37. The minimum absolute atomic E-state index is 0.196. The van der Waals surface area contributed by atoms with Gasteiger partial charge in [0.15, 0.2) is 0 Å². The summed E-state index contributed by atoms with van der Waals surface area (Å²) in [5.41, 5.74) is 0. The molecule has 1 aromatic rings. The van der Waals surface area contributed by atoms with Crippen molar-refractivity contribution in [3.8, 4) is 0 Å². The number of nitrogens with zero attached hydrogens (tertiary/aromatic N) is 1. The Morgan fingerprint density at radius 1 is 1.44 bits per heavy atom. The van der Waals surface area contributed by atoms with E-state index in [9.17, 15) is 8.42 Å². The van der Waals surface area contributed by atoms with Gasteiger partial charge in [-0.15, -0.1) is 0 Å². The zero-order chi connectivity index (χ0) is 11.4. The third-order valence-corrected chi connectivity index (χ3v) is 4.19. The maximum atomic E-state index is 11.7. The number of H-pyrrole nitrogens is 1. The molecule has 2 rings (SSSR count). The van der Waals surface area contributed by atoms with Crippen LogP contribution in [0.15, 0.2) is 17.3 Å². The van der Waals surface area contributed by atoms with E-state index in [0.29, 0.717) is 12.5 Å². The largest absolute Gasteiger partial charge is 0.317 e. The molecule has 0 spiro atoms. The lowest BCUT2D eigenvalue weighted by molar-refractivity contribution is 0.372. The van der Waals surface area contributed by atoms with Crippen LogP contribution in [-0.4, -0.2) is 38.2 Å². The van der Waals surface area contributed by atoms with E-state index in [1.165, 1.54) is 12.4 Å². The highest BCUT2D eigenvalue weighted by Crippen LogP contribution is 2.12. The highest BCUT2D eigenvalue weighted by atomic mass is 32.2. The van der Waals surface area contributed by atoms with Gasteiger partial charge in [-0.05, 0) is 31.8 Å². The number of sulfonamides is 1. The fourth-order valence-corrected chi connectivity index (χ4v) is 2.80. The van der Waals surface area contributed by atoms with E-state index in [4.69, 9.17) is 0 Å². The summed E-state index contributed by atoms with van der Waals surface area (Å²) in [6.45, 7) is 2.45. The van der Waals surface area contributed by atoms with E-state index in [1.54, 1.807) is 0 Å². The predicted octanol–water partition coefficient (Wildman–Crippen LogP) is -0.312. The molecule has 1 aromatic heterocycles. The number of piperidine rings is 1. The van der Waals surface area contributed by atoms with Crippen LogP contribution in [0.5, 0.6) is 0 Å². The molecule has 1 saturated heterocycles. The molecule has 0 aliphatic carbocycles. The lowest BCUT2D eigenvalue weighted by Gasteiger charge is -2.22. The Labute approximate surface area is 94.9 Å². The van der Waals surface area contributed by atoms with Crippen LogP contribution in [0.3, 0.4) is 0 Å². The van der Waals surface area contributed by atoms with E-state index in [0.717, 1.165) is 25.9 Å². The SMILES string of the molecule is O=S(=O)(NCC1CCNCC1)c1cn[nH]c1. The maximum Gasteiger partial charge on any atom is 0.243 e. The Bertz CT molecular complexity index is 409. The molecule has 16 heavy (non-hydrogen) atoms. The first-order chi connectivity index (χ1) is 7.68. The van der Waals surface area contributed by atoms with Gasteiger partial charge in [0.05, 0.1) is 6.20 Å². The first kappa shape index (κ1) is 11.6. The van der Waals surface area contributed by atoms with E-state index < -0.39 is 10.0 Å². The third kappa shape index (κ3) is 2.81. The van der Waals surface area contributed by atoms with Gasteiger partial charge in [-0.25, -0.2) is 13.1 Å². The summed E-state index contributed by atoms with van der Waals surface area (Å²) in [4.78, 5) is 0.196. The summed E-state index contributed by atoms with van der Waals surface area (Å²) in [6, 6.07) is 0. The lowest BCUT2D eigenvalue weighted by Crippen LogP contribution is -2.35. The molecule has 0 saturated carbocycles. The minimum Gasteiger partial charge on any atom is -0.317 e. The van der Waals surface area contributed by atoms with Crippen LogP contribution in [0, 0.1) is 5.92 Å². The number of hydrogen-bond donors (Lipinski definition) is 3. The van der Waals surface area contributed by atoms with Crippen LogP contribution in [0.2, 0.25) is 0 Å². The van der Waals surface area contributed by atoms with Crippen LogP contribution in [-0.2, 0) is 10.0 Å². The number of nitrogens with one attached hydrogen (secondary N) is 3. The van der Waals surface area contributed by atoms with Gasteiger partial charge in [0.2, 0.25) is 10.0 Å². The van der Waals surface area contributed by atoms with Gasteiger partial charge in [-0.2, -0.15) is 5.10 Å². The van der Waals surface area contributed by atoms with Gasteiger partial charge in [-0.3, -0.25) is 5.10 Å². The van der Waals surface area contributed by atoms with Crippen LogP contribution in [0.1, 0.15) is 12.8 Å². The van der Waals surface area contributed by atoms with Crippen molar-refractivity contribution in [2.24, 2.45) is 5.92 Å². The van der Waals surface area contributed by atoms with Crippen LogP contribution in [0.4, 0.5) is 0 Å². The Morgan fingerprint density at radius 3 is 2.81 bits per heavy atom. The van der Waals surface area contributed by atoms with Crippen molar-refractivity contribution in [2.45, 2.75) is 17.7 Å². The molecular weight excluding hydrogens is 228 g/mol. The first-order valence-corrected chi connectivity index (χ1v) is 6.86. The molecule has 3 N–H and O–H groups in total. The zero-order valence-corrected chi connectivity index (χ0v) is 9.76. The number of aromatic nitrogens is 2. The summed E-state index contributed by atoms with van der Waals surface area (Å²) in [7, 11) is -3.38. The van der Waals surface area contributed by atoms with E-state index >= 15 is 0 Å². The molecule has 1 aliphatic rings. The minimum atomic E-state index is -3.38. The van der Waals surface area contributed by atoms with Gasteiger partial charge >= 0.3 is 0 Å². The van der Waals surface area contributed by atoms with Crippen molar-refractivity contribution in [2.75, 3.05) is 19.6 Å². The van der Waals surface area contributed by atoms with Crippen molar-refractivity contribution >= 4 is 10.0 Å². The second-order valence-electron chi connectivity index (χ2n) is 3.98. The van der Waals surface area contributed by atoms with Crippen LogP contribution >= 0.6 is 0 Å². The highest BCUT2D eigenvalue weighted by molar-refractivity contribution is 7.89. The van der Waals surface area contributed by atoms with Crippen molar-refractivity contribution in [3.63, 3.8) is 0 Å². The second-order valence-corrected chi connectivity index (χ2v) is 5.75. The monoisotopic (exact) mass is 244 g/mol. The smallest absolute Gasteiger partial charge is 0.243 e. The number of hydrogen-bond acceptors (Lipinski definition) is 4. The van der Waals surface area contributed by atoms with Crippen molar-refractivity contribution in [1.82, 2.24) is 20.2 Å². The molecule has 0 radical (unpaired) electrons. The third-order valence-electron chi connectivity index (χ3n) is 2.80. The van der Waals surface area contributed by atoms with Crippen molar-refractivity contribution < 1.29 is 8.42 Å².